The molecule has 1 aliphatic heterocycles. The molecule has 0 aliphatic carbocycles. The molecular weight excluding hydrogens is 272 g/mol. The maximum atomic E-state index is 11.0. The molecule has 0 radical (unpaired) electrons. The van der Waals surface area contributed by atoms with Crippen LogP contribution in [0.15, 0.2) is 12.3 Å². The van der Waals surface area contributed by atoms with Crippen LogP contribution in [0.3, 0.4) is 0 Å². The van der Waals surface area contributed by atoms with Crippen molar-refractivity contribution in [2.45, 2.75) is 6.42 Å². The lowest BCUT2D eigenvalue weighted by Gasteiger charge is -2.27. The number of pyridine rings is 1. The van der Waals surface area contributed by atoms with Crippen LogP contribution in [0.1, 0.15) is 12.0 Å². The molecule has 1 saturated heterocycles. The Bertz CT molecular complexity index is 536. The van der Waals surface area contributed by atoms with E-state index in [2.05, 4.69) is 20.5 Å². The lowest BCUT2D eigenvalue weighted by molar-refractivity contribution is -0.384. The molecule has 8 nitrogen and oxygen atoms in total. The van der Waals surface area contributed by atoms with Crippen LogP contribution in [0.2, 0.25) is 0 Å². The molecular formula is C13H18N6O2. The van der Waals surface area contributed by atoms with Crippen LogP contribution in [-0.4, -0.2) is 54.1 Å². The molecule has 112 valence electrons. The van der Waals surface area contributed by atoms with Gasteiger partial charge in [0.15, 0.2) is 0 Å². The summed E-state index contributed by atoms with van der Waals surface area (Å²) >= 11 is 0. The predicted molar refractivity (Wildman–Crippen MR) is 78.0 cm³/mol. The molecule has 0 spiro atoms. The normalized spacial score (nSPS) is 15.4. The molecule has 0 bridgehead atoms. The fraction of sp³-hybridized carbons (Fsp3) is 0.538. The highest BCUT2D eigenvalue weighted by molar-refractivity contribution is 5.63. The summed E-state index contributed by atoms with van der Waals surface area (Å²) in [5, 5.41) is 26.2. The van der Waals surface area contributed by atoms with Crippen LogP contribution < -0.4 is 10.6 Å². The highest BCUT2D eigenvalue weighted by Gasteiger charge is 2.20. The predicted octanol–water partition coefficient (Wildman–Crippen LogP) is 0.569. The summed E-state index contributed by atoms with van der Waals surface area (Å²) in [6.07, 6.45) is 2.28. The van der Waals surface area contributed by atoms with Gasteiger partial charge in [-0.15, -0.1) is 0 Å². The first-order valence-corrected chi connectivity index (χ1v) is 6.93. The van der Waals surface area contributed by atoms with Crippen LogP contribution >= 0.6 is 0 Å². The van der Waals surface area contributed by atoms with Crippen molar-refractivity contribution in [1.29, 1.82) is 5.26 Å². The molecule has 1 aliphatic rings. The van der Waals surface area contributed by atoms with Gasteiger partial charge in [0.1, 0.15) is 11.6 Å². The van der Waals surface area contributed by atoms with E-state index < -0.39 is 4.92 Å². The van der Waals surface area contributed by atoms with E-state index in [1.54, 1.807) is 0 Å². The topological polar surface area (TPSA) is 107 Å². The van der Waals surface area contributed by atoms with Crippen molar-refractivity contribution in [2.75, 3.05) is 44.6 Å². The third kappa shape index (κ3) is 4.11. The number of piperazine rings is 1. The Labute approximate surface area is 122 Å². The largest absolute Gasteiger partial charge is 0.364 e. The Morgan fingerprint density at radius 3 is 2.95 bits per heavy atom. The van der Waals surface area contributed by atoms with Gasteiger partial charge in [-0.2, -0.15) is 5.26 Å². The van der Waals surface area contributed by atoms with Gasteiger partial charge in [0, 0.05) is 38.9 Å². The second kappa shape index (κ2) is 7.52. The third-order valence-corrected chi connectivity index (χ3v) is 3.38. The van der Waals surface area contributed by atoms with E-state index in [0.717, 1.165) is 39.1 Å². The number of nitro groups is 1. The first kappa shape index (κ1) is 15.2. The van der Waals surface area contributed by atoms with Gasteiger partial charge in [-0.25, -0.2) is 4.98 Å². The van der Waals surface area contributed by atoms with Crippen molar-refractivity contribution >= 4 is 11.5 Å². The molecule has 1 aromatic rings. The Morgan fingerprint density at radius 2 is 2.29 bits per heavy atom. The van der Waals surface area contributed by atoms with Crippen molar-refractivity contribution in [2.24, 2.45) is 0 Å². The van der Waals surface area contributed by atoms with E-state index in [1.165, 1.54) is 12.3 Å². The molecule has 8 heteroatoms. The SMILES string of the molecule is N#Cc1ccnc(NCCCN2CCNCC2)c1[N+](=O)[O-]. The minimum Gasteiger partial charge on any atom is -0.364 e. The van der Waals surface area contributed by atoms with Gasteiger partial charge in [-0.3, -0.25) is 10.1 Å². The molecule has 0 amide bonds. The van der Waals surface area contributed by atoms with Gasteiger partial charge >= 0.3 is 5.69 Å². The summed E-state index contributed by atoms with van der Waals surface area (Å²) in [6, 6.07) is 3.17. The lowest BCUT2D eigenvalue weighted by Crippen LogP contribution is -2.44. The number of nitrogens with one attached hydrogen (secondary N) is 2. The van der Waals surface area contributed by atoms with E-state index in [9.17, 15) is 10.1 Å². The van der Waals surface area contributed by atoms with Crippen molar-refractivity contribution < 1.29 is 4.92 Å². The first-order valence-electron chi connectivity index (χ1n) is 6.93. The zero-order valence-electron chi connectivity index (χ0n) is 11.7. The van der Waals surface area contributed by atoms with Crippen LogP contribution in [0, 0.1) is 21.4 Å². The van der Waals surface area contributed by atoms with Gasteiger partial charge in [-0.05, 0) is 19.0 Å². The molecule has 0 saturated carbocycles. The van der Waals surface area contributed by atoms with E-state index in [1.807, 2.05) is 6.07 Å². The summed E-state index contributed by atoms with van der Waals surface area (Å²) in [4.78, 5) is 16.8. The van der Waals surface area contributed by atoms with Crippen LogP contribution in [-0.2, 0) is 0 Å². The Hall–Kier alpha value is -2.24. The zero-order chi connectivity index (χ0) is 15.1. The minimum atomic E-state index is -0.565. The number of rotatable bonds is 6. The van der Waals surface area contributed by atoms with Gasteiger partial charge in [0.25, 0.3) is 0 Å². The van der Waals surface area contributed by atoms with Crippen LogP contribution in [0.5, 0.6) is 0 Å². The monoisotopic (exact) mass is 290 g/mol. The number of nitrogens with zero attached hydrogens (tertiary/aromatic N) is 4. The average Bonchev–Trinajstić information content (AvgIpc) is 2.52. The molecule has 2 N–H and O–H groups in total. The van der Waals surface area contributed by atoms with Gasteiger partial charge in [0.2, 0.25) is 5.82 Å². The Kier molecular flexibility index (Phi) is 5.43. The van der Waals surface area contributed by atoms with Crippen LogP contribution in [0.25, 0.3) is 0 Å². The molecule has 2 rings (SSSR count). The Morgan fingerprint density at radius 1 is 1.52 bits per heavy atom. The molecule has 0 unspecified atom stereocenters. The standard InChI is InChI=1S/C13H18N6O2/c14-10-11-2-4-17-13(12(11)19(20)21)16-3-1-7-18-8-5-15-6-9-18/h2,4,15H,1,3,5-9H2,(H,16,17). The second-order valence-corrected chi connectivity index (χ2v) is 4.80. The summed E-state index contributed by atoms with van der Waals surface area (Å²) in [5.74, 6) is 0.166. The zero-order valence-corrected chi connectivity index (χ0v) is 11.7. The smallest absolute Gasteiger partial charge is 0.328 e. The quantitative estimate of drug-likeness (QED) is 0.448. The summed E-state index contributed by atoms with van der Waals surface area (Å²) in [6.45, 7) is 5.60. The van der Waals surface area contributed by atoms with Crippen molar-refractivity contribution in [3.8, 4) is 6.07 Å². The van der Waals surface area contributed by atoms with Crippen molar-refractivity contribution in [3.05, 3.63) is 27.9 Å². The number of nitriles is 1. The number of hydrogen-bond donors (Lipinski definition) is 2. The third-order valence-electron chi connectivity index (χ3n) is 3.38. The van der Waals surface area contributed by atoms with Gasteiger partial charge < -0.3 is 15.5 Å². The highest BCUT2D eigenvalue weighted by atomic mass is 16.6. The molecule has 21 heavy (non-hydrogen) atoms. The lowest BCUT2D eigenvalue weighted by atomic mass is 10.2. The molecule has 2 heterocycles. The average molecular weight is 290 g/mol. The molecule has 1 fully saturated rings. The van der Waals surface area contributed by atoms with Crippen molar-refractivity contribution in [1.82, 2.24) is 15.2 Å². The van der Waals surface area contributed by atoms with E-state index >= 15 is 0 Å². The van der Waals surface area contributed by atoms with E-state index in [4.69, 9.17) is 5.26 Å². The van der Waals surface area contributed by atoms with E-state index in [0.29, 0.717) is 6.54 Å². The van der Waals surface area contributed by atoms with Gasteiger partial charge in [0.05, 0.1) is 4.92 Å². The minimum absolute atomic E-state index is 0.0274. The van der Waals surface area contributed by atoms with Gasteiger partial charge in [-0.1, -0.05) is 0 Å². The first-order chi connectivity index (χ1) is 10.2. The number of aromatic nitrogens is 1. The number of anilines is 1. The molecule has 0 aromatic carbocycles. The maximum Gasteiger partial charge on any atom is 0.328 e. The summed E-state index contributed by atoms with van der Waals surface area (Å²) < 4.78 is 0. The maximum absolute atomic E-state index is 11.0. The molecule has 1 aromatic heterocycles. The second-order valence-electron chi connectivity index (χ2n) is 4.80. The van der Waals surface area contributed by atoms with E-state index in [-0.39, 0.29) is 17.1 Å². The fourth-order valence-corrected chi connectivity index (χ4v) is 2.30. The Balaban J connectivity index is 1.88. The summed E-state index contributed by atoms with van der Waals surface area (Å²) in [7, 11) is 0. The molecule has 0 atom stereocenters. The highest BCUT2D eigenvalue weighted by Crippen LogP contribution is 2.25. The number of hydrogen-bond acceptors (Lipinski definition) is 7. The summed E-state index contributed by atoms with van der Waals surface area (Å²) in [5.41, 5.74) is -0.221. The van der Waals surface area contributed by atoms with Crippen molar-refractivity contribution in [3.63, 3.8) is 0 Å². The van der Waals surface area contributed by atoms with Crippen LogP contribution in [0.4, 0.5) is 11.5 Å². The fourth-order valence-electron chi connectivity index (χ4n) is 2.30.